The van der Waals surface area contributed by atoms with Crippen molar-refractivity contribution in [2.24, 2.45) is 4.99 Å². The fourth-order valence-electron chi connectivity index (χ4n) is 2.04. The van der Waals surface area contributed by atoms with E-state index >= 15 is 0 Å². The Bertz CT molecular complexity index is 434. The topological polar surface area (TPSA) is 63.5 Å². The van der Waals surface area contributed by atoms with Gasteiger partial charge in [0.1, 0.15) is 0 Å². The molecule has 0 spiro atoms. The number of nitrogens with zero attached hydrogens (tertiary/aromatic N) is 3. The van der Waals surface area contributed by atoms with E-state index in [1.54, 1.807) is 0 Å². The van der Waals surface area contributed by atoms with Crippen molar-refractivity contribution in [3.05, 3.63) is 17.5 Å². The number of hydrogen-bond acceptors (Lipinski definition) is 3. The Hall–Kier alpha value is -0.830. The summed E-state index contributed by atoms with van der Waals surface area (Å²) in [5.74, 6) is 0.852. The number of hydrogen-bond donors (Lipinski definition) is 2. The zero-order chi connectivity index (χ0) is 15.5. The van der Waals surface area contributed by atoms with Crippen molar-refractivity contribution in [3.8, 4) is 0 Å². The van der Waals surface area contributed by atoms with Crippen LogP contribution < -0.4 is 10.6 Å². The Morgan fingerprint density at radius 3 is 2.68 bits per heavy atom. The fraction of sp³-hybridized carbons (Fsp3) is 0.733. The minimum atomic E-state index is 0. The van der Waals surface area contributed by atoms with E-state index in [-0.39, 0.29) is 24.0 Å². The van der Waals surface area contributed by atoms with Gasteiger partial charge in [-0.1, -0.05) is 0 Å². The molecule has 0 aliphatic carbocycles. The number of guanidine groups is 1. The molecule has 0 saturated heterocycles. The van der Waals surface area contributed by atoms with Gasteiger partial charge in [0.2, 0.25) is 0 Å². The number of aryl methyl sites for hydroxylation is 3. The third-order valence-corrected chi connectivity index (χ3v) is 2.99. The molecule has 0 bridgehead atoms. The van der Waals surface area contributed by atoms with Crippen LogP contribution in [0.1, 0.15) is 31.7 Å². The highest BCUT2D eigenvalue weighted by atomic mass is 127. The summed E-state index contributed by atoms with van der Waals surface area (Å²) in [5, 5.41) is 10.9. The molecule has 1 aromatic rings. The molecule has 1 aromatic heterocycles. The SMILES string of the molecule is CCNC(=NCCCn1nc(C)cc1C)NCCOCC.I. The average Bonchev–Trinajstić information content (AvgIpc) is 2.77. The van der Waals surface area contributed by atoms with E-state index in [0.717, 1.165) is 50.9 Å². The van der Waals surface area contributed by atoms with Crippen LogP contribution in [0.15, 0.2) is 11.1 Å². The summed E-state index contributed by atoms with van der Waals surface area (Å²) in [6, 6.07) is 2.10. The molecule has 0 radical (unpaired) electrons. The molecular weight excluding hydrogens is 393 g/mol. The average molecular weight is 423 g/mol. The van der Waals surface area contributed by atoms with Crippen LogP contribution in [0.4, 0.5) is 0 Å². The second-order valence-corrected chi connectivity index (χ2v) is 4.89. The van der Waals surface area contributed by atoms with Gasteiger partial charge in [0.05, 0.1) is 12.3 Å². The minimum Gasteiger partial charge on any atom is -0.380 e. The zero-order valence-corrected chi connectivity index (χ0v) is 16.5. The van der Waals surface area contributed by atoms with Crippen LogP contribution >= 0.6 is 24.0 Å². The second kappa shape index (κ2) is 12.7. The van der Waals surface area contributed by atoms with E-state index in [1.165, 1.54) is 5.69 Å². The maximum absolute atomic E-state index is 5.30. The first-order chi connectivity index (χ1) is 10.2. The molecule has 0 aromatic carbocycles. The molecule has 128 valence electrons. The predicted octanol–water partition coefficient (Wildman–Crippen LogP) is 2.10. The van der Waals surface area contributed by atoms with Crippen LogP contribution in [0.25, 0.3) is 0 Å². The maximum Gasteiger partial charge on any atom is 0.191 e. The van der Waals surface area contributed by atoms with Gasteiger partial charge in [-0.15, -0.1) is 24.0 Å². The van der Waals surface area contributed by atoms with E-state index in [0.29, 0.717) is 6.61 Å². The Kier molecular flexibility index (Phi) is 12.2. The van der Waals surface area contributed by atoms with Crippen LogP contribution in [-0.2, 0) is 11.3 Å². The Balaban J connectivity index is 0.00000441. The molecule has 0 aliphatic heterocycles. The highest BCUT2D eigenvalue weighted by Crippen LogP contribution is 2.02. The normalized spacial score (nSPS) is 11.2. The first-order valence-electron chi connectivity index (χ1n) is 7.78. The van der Waals surface area contributed by atoms with Crippen LogP contribution in [0.2, 0.25) is 0 Å². The summed E-state index contributed by atoms with van der Waals surface area (Å²) >= 11 is 0. The van der Waals surface area contributed by atoms with Crippen LogP contribution in [-0.4, -0.2) is 48.6 Å². The van der Waals surface area contributed by atoms with Gasteiger partial charge in [-0.25, -0.2) is 0 Å². The molecule has 0 amide bonds. The zero-order valence-electron chi connectivity index (χ0n) is 14.2. The van der Waals surface area contributed by atoms with Crippen molar-refractivity contribution < 1.29 is 4.74 Å². The highest BCUT2D eigenvalue weighted by molar-refractivity contribution is 14.0. The third kappa shape index (κ3) is 8.57. The lowest BCUT2D eigenvalue weighted by molar-refractivity contribution is 0.152. The molecule has 0 saturated carbocycles. The predicted molar refractivity (Wildman–Crippen MR) is 102 cm³/mol. The number of aromatic nitrogens is 2. The van der Waals surface area contributed by atoms with Gasteiger partial charge in [0, 0.05) is 38.5 Å². The summed E-state index contributed by atoms with van der Waals surface area (Å²) in [4.78, 5) is 4.56. The lowest BCUT2D eigenvalue weighted by atomic mass is 10.4. The Morgan fingerprint density at radius 1 is 1.32 bits per heavy atom. The van der Waals surface area contributed by atoms with Gasteiger partial charge in [-0.2, -0.15) is 5.10 Å². The Labute approximate surface area is 151 Å². The van der Waals surface area contributed by atoms with Crippen molar-refractivity contribution in [2.45, 2.75) is 40.7 Å². The van der Waals surface area contributed by atoms with Crippen molar-refractivity contribution in [2.75, 3.05) is 32.8 Å². The smallest absolute Gasteiger partial charge is 0.191 e. The van der Waals surface area contributed by atoms with Crippen molar-refractivity contribution in [1.82, 2.24) is 20.4 Å². The molecule has 0 atom stereocenters. The number of rotatable bonds is 9. The maximum atomic E-state index is 5.30. The molecule has 0 fully saturated rings. The molecule has 2 N–H and O–H groups in total. The van der Waals surface area contributed by atoms with Crippen molar-refractivity contribution in [1.29, 1.82) is 0 Å². The summed E-state index contributed by atoms with van der Waals surface area (Å²) < 4.78 is 7.35. The van der Waals surface area contributed by atoms with Gasteiger partial charge < -0.3 is 15.4 Å². The summed E-state index contributed by atoms with van der Waals surface area (Å²) in [6.45, 7) is 12.9. The standard InChI is InChI=1S/C15H29N5O.HI/c1-5-16-15(18-9-11-21-6-2)17-8-7-10-20-14(4)12-13(3)19-20;/h12H,5-11H2,1-4H3,(H2,16,17,18);1H. The van der Waals surface area contributed by atoms with Gasteiger partial charge >= 0.3 is 0 Å². The third-order valence-electron chi connectivity index (χ3n) is 2.99. The molecular formula is C15H30IN5O. The van der Waals surface area contributed by atoms with E-state index in [9.17, 15) is 0 Å². The second-order valence-electron chi connectivity index (χ2n) is 4.89. The van der Waals surface area contributed by atoms with E-state index in [1.807, 2.05) is 18.5 Å². The van der Waals surface area contributed by atoms with Crippen LogP contribution in [0, 0.1) is 13.8 Å². The number of nitrogens with one attached hydrogen (secondary N) is 2. The van der Waals surface area contributed by atoms with E-state index in [2.05, 4.69) is 40.6 Å². The first-order valence-corrected chi connectivity index (χ1v) is 7.78. The lowest BCUT2D eigenvalue weighted by Gasteiger charge is -2.11. The summed E-state index contributed by atoms with van der Waals surface area (Å²) in [7, 11) is 0. The Morgan fingerprint density at radius 2 is 2.09 bits per heavy atom. The molecule has 7 heteroatoms. The van der Waals surface area contributed by atoms with Gasteiger partial charge in [-0.3, -0.25) is 9.67 Å². The highest BCUT2D eigenvalue weighted by Gasteiger charge is 2.00. The van der Waals surface area contributed by atoms with Crippen molar-refractivity contribution >= 4 is 29.9 Å². The number of ether oxygens (including phenoxy) is 1. The molecule has 6 nitrogen and oxygen atoms in total. The number of aliphatic imine (C=N–C) groups is 1. The van der Waals surface area contributed by atoms with Crippen LogP contribution in [0.5, 0.6) is 0 Å². The van der Waals surface area contributed by atoms with Gasteiger partial charge in [0.15, 0.2) is 5.96 Å². The van der Waals surface area contributed by atoms with Crippen molar-refractivity contribution in [3.63, 3.8) is 0 Å². The van der Waals surface area contributed by atoms with Gasteiger partial charge in [0.25, 0.3) is 0 Å². The fourth-order valence-corrected chi connectivity index (χ4v) is 2.04. The summed E-state index contributed by atoms with van der Waals surface area (Å²) in [5.41, 5.74) is 2.28. The lowest BCUT2D eigenvalue weighted by Crippen LogP contribution is -2.39. The number of halogens is 1. The van der Waals surface area contributed by atoms with E-state index in [4.69, 9.17) is 4.74 Å². The summed E-state index contributed by atoms with van der Waals surface area (Å²) in [6.07, 6.45) is 0.976. The molecule has 1 rings (SSSR count). The molecule has 0 unspecified atom stereocenters. The van der Waals surface area contributed by atoms with Gasteiger partial charge in [-0.05, 0) is 40.2 Å². The van der Waals surface area contributed by atoms with E-state index < -0.39 is 0 Å². The molecule has 22 heavy (non-hydrogen) atoms. The molecule has 1 heterocycles. The van der Waals surface area contributed by atoms with Crippen LogP contribution in [0.3, 0.4) is 0 Å². The monoisotopic (exact) mass is 423 g/mol. The first kappa shape index (κ1) is 21.2. The molecule has 0 aliphatic rings. The minimum absolute atomic E-state index is 0. The quantitative estimate of drug-likeness (QED) is 0.277. The largest absolute Gasteiger partial charge is 0.380 e.